The molecule has 1 atom stereocenters. The van der Waals surface area contributed by atoms with Gasteiger partial charge in [-0.15, -0.1) is 0 Å². The van der Waals surface area contributed by atoms with E-state index in [-0.39, 0.29) is 12.3 Å². The largest absolute Gasteiger partial charge is 0.481 e. The van der Waals surface area contributed by atoms with Gasteiger partial charge >= 0.3 is 5.97 Å². The number of aromatic amines is 1. The quantitative estimate of drug-likeness (QED) is 0.871. The van der Waals surface area contributed by atoms with Crippen LogP contribution >= 0.6 is 0 Å². The number of carboxylic acid groups (broad SMARTS) is 1. The summed E-state index contributed by atoms with van der Waals surface area (Å²) in [5.74, 6) is -0.218. The van der Waals surface area contributed by atoms with Crippen LogP contribution in [-0.4, -0.2) is 59.6 Å². The maximum atomic E-state index is 12.8. The number of hydrogen-bond acceptors (Lipinski definition) is 4. The highest BCUT2D eigenvalue weighted by atomic mass is 16.5. The third-order valence-corrected chi connectivity index (χ3v) is 4.99. The number of carbonyl (C=O) groups is 2. The summed E-state index contributed by atoms with van der Waals surface area (Å²) in [4.78, 5) is 28.0. The number of aryl methyl sites for hydroxylation is 2. The van der Waals surface area contributed by atoms with E-state index in [2.05, 4.69) is 23.7 Å². The van der Waals surface area contributed by atoms with Crippen molar-refractivity contribution in [2.45, 2.75) is 46.5 Å². The Morgan fingerprint density at radius 1 is 1.32 bits per heavy atom. The molecule has 0 radical (unpaired) electrons. The number of carbonyl (C=O) groups excluding carboxylic acids is 1. The molecule has 1 fully saturated rings. The summed E-state index contributed by atoms with van der Waals surface area (Å²) in [6.07, 6.45) is 3.15. The first-order valence-electron chi connectivity index (χ1n) is 9.24. The van der Waals surface area contributed by atoms with Crippen LogP contribution in [0.5, 0.6) is 0 Å². The van der Waals surface area contributed by atoms with E-state index in [1.165, 1.54) is 17.0 Å². The Morgan fingerprint density at radius 2 is 1.96 bits per heavy atom. The smallest absolute Gasteiger partial charge is 0.303 e. The Labute approximate surface area is 149 Å². The van der Waals surface area contributed by atoms with Gasteiger partial charge < -0.3 is 14.8 Å². The first kappa shape index (κ1) is 19.7. The Morgan fingerprint density at radius 3 is 2.52 bits per heavy atom. The van der Waals surface area contributed by atoms with Gasteiger partial charge in [0.25, 0.3) is 0 Å². The van der Waals surface area contributed by atoms with Crippen LogP contribution in [-0.2, 0) is 22.4 Å². The van der Waals surface area contributed by atoms with Crippen LogP contribution in [0.2, 0.25) is 0 Å². The molecule has 140 valence electrons. The Balaban J connectivity index is 0.000000399. The van der Waals surface area contributed by atoms with Crippen molar-refractivity contribution in [3.63, 3.8) is 0 Å². The van der Waals surface area contributed by atoms with Gasteiger partial charge in [0.15, 0.2) is 5.78 Å². The van der Waals surface area contributed by atoms with Gasteiger partial charge in [-0.1, -0.05) is 13.8 Å². The van der Waals surface area contributed by atoms with Gasteiger partial charge in [0.1, 0.15) is 0 Å². The summed E-state index contributed by atoms with van der Waals surface area (Å²) in [6, 6.07) is 0. The molecular weight excluding hydrogens is 320 g/mol. The maximum Gasteiger partial charge on any atom is 0.303 e. The van der Waals surface area contributed by atoms with Gasteiger partial charge in [0.05, 0.1) is 13.2 Å². The predicted molar refractivity (Wildman–Crippen MR) is 96.2 cm³/mol. The molecule has 0 saturated carbocycles. The van der Waals surface area contributed by atoms with Crippen LogP contribution in [0.1, 0.15) is 54.0 Å². The number of hydrogen-bond donors (Lipinski definition) is 2. The summed E-state index contributed by atoms with van der Waals surface area (Å²) in [5, 5.41) is 7.72. The molecule has 0 bridgehead atoms. The fourth-order valence-corrected chi connectivity index (χ4v) is 3.58. The van der Waals surface area contributed by atoms with Crippen molar-refractivity contribution < 1.29 is 19.4 Å². The average Bonchev–Trinajstić information content (AvgIpc) is 2.95. The highest BCUT2D eigenvalue weighted by molar-refractivity contribution is 6.01. The first-order valence-corrected chi connectivity index (χ1v) is 9.24. The number of rotatable bonds is 4. The molecular formula is C19H30N2O4. The van der Waals surface area contributed by atoms with Crippen LogP contribution in [0.15, 0.2) is 0 Å². The monoisotopic (exact) mass is 350 g/mol. The van der Waals surface area contributed by atoms with E-state index in [0.717, 1.165) is 57.7 Å². The van der Waals surface area contributed by atoms with Crippen LogP contribution in [0, 0.1) is 12.8 Å². The Bertz CT molecular complexity index is 603. The van der Waals surface area contributed by atoms with Gasteiger partial charge in [-0.25, -0.2) is 0 Å². The van der Waals surface area contributed by atoms with Gasteiger partial charge in [0.2, 0.25) is 0 Å². The zero-order chi connectivity index (χ0) is 18.4. The minimum absolute atomic E-state index is 0.168. The van der Waals surface area contributed by atoms with Crippen LogP contribution in [0.4, 0.5) is 0 Å². The number of ether oxygens (including phenoxy) is 1. The van der Waals surface area contributed by atoms with Crippen molar-refractivity contribution in [2.24, 2.45) is 5.92 Å². The van der Waals surface area contributed by atoms with Crippen molar-refractivity contribution in [1.82, 2.24) is 9.88 Å². The fourth-order valence-electron chi connectivity index (χ4n) is 3.58. The van der Waals surface area contributed by atoms with E-state index in [1.807, 2.05) is 0 Å². The van der Waals surface area contributed by atoms with E-state index < -0.39 is 5.97 Å². The molecule has 25 heavy (non-hydrogen) atoms. The van der Waals surface area contributed by atoms with E-state index >= 15 is 0 Å². The second-order valence-electron chi connectivity index (χ2n) is 6.70. The van der Waals surface area contributed by atoms with Crippen molar-refractivity contribution >= 4 is 11.8 Å². The van der Waals surface area contributed by atoms with Crippen molar-refractivity contribution in [2.75, 3.05) is 32.8 Å². The van der Waals surface area contributed by atoms with Gasteiger partial charge in [-0.05, 0) is 31.7 Å². The normalized spacial score (nSPS) is 20.6. The molecule has 6 nitrogen and oxygen atoms in total. The van der Waals surface area contributed by atoms with E-state index in [4.69, 9.17) is 9.84 Å². The lowest BCUT2D eigenvalue weighted by molar-refractivity contribution is -0.136. The molecule has 1 aromatic heterocycles. The number of ketones is 1. The zero-order valence-electron chi connectivity index (χ0n) is 15.6. The summed E-state index contributed by atoms with van der Waals surface area (Å²) in [6.45, 7) is 10.2. The third-order valence-electron chi connectivity index (χ3n) is 4.99. The summed E-state index contributed by atoms with van der Waals surface area (Å²) < 4.78 is 5.38. The highest BCUT2D eigenvalue weighted by Gasteiger charge is 2.32. The van der Waals surface area contributed by atoms with E-state index in [9.17, 15) is 9.59 Å². The topological polar surface area (TPSA) is 82.6 Å². The Kier molecular flexibility index (Phi) is 7.20. The fraction of sp³-hybridized carbons (Fsp3) is 0.684. The van der Waals surface area contributed by atoms with Crippen LogP contribution in [0.3, 0.4) is 0 Å². The number of H-pyrrole nitrogens is 1. The third kappa shape index (κ3) is 4.92. The van der Waals surface area contributed by atoms with Gasteiger partial charge in [-0.3, -0.25) is 14.5 Å². The van der Waals surface area contributed by atoms with E-state index in [1.54, 1.807) is 6.92 Å². The first-order chi connectivity index (χ1) is 12.0. The lowest BCUT2D eigenvalue weighted by atomic mass is 9.83. The second kappa shape index (κ2) is 9.15. The molecule has 0 aromatic carbocycles. The summed E-state index contributed by atoms with van der Waals surface area (Å²) in [5.41, 5.74) is 4.59. The maximum absolute atomic E-state index is 12.8. The molecule has 1 aliphatic heterocycles. The number of fused-ring (bicyclic) bond motifs is 1. The summed E-state index contributed by atoms with van der Waals surface area (Å²) >= 11 is 0. The number of carboxylic acids is 1. The van der Waals surface area contributed by atoms with Crippen LogP contribution < -0.4 is 0 Å². The average molecular weight is 350 g/mol. The van der Waals surface area contributed by atoms with Gasteiger partial charge in [-0.2, -0.15) is 0 Å². The molecule has 1 saturated heterocycles. The zero-order valence-corrected chi connectivity index (χ0v) is 15.6. The second-order valence-corrected chi connectivity index (χ2v) is 6.70. The minimum Gasteiger partial charge on any atom is -0.481 e. The predicted octanol–water partition coefficient (Wildman–Crippen LogP) is 2.44. The standard InChI is InChI=1S/C16H24N2O2.C3H6O2/c1-3-13-11(2)17-14-5-4-12(16(19)15(13)14)10-18-6-8-20-9-7-18;1-2-3(4)5/h12,17H,3-10H2,1-2H3;2H2,1H3,(H,4,5). The molecule has 2 N–H and O–H groups in total. The molecule has 3 rings (SSSR count). The van der Waals surface area contributed by atoms with Crippen molar-refractivity contribution in [1.29, 1.82) is 0 Å². The molecule has 1 aromatic rings. The Hall–Kier alpha value is -1.66. The summed E-state index contributed by atoms with van der Waals surface area (Å²) in [7, 11) is 0. The molecule has 2 heterocycles. The number of aromatic nitrogens is 1. The highest BCUT2D eigenvalue weighted by Crippen LogP contribution is 2.30. The van der Waals surface area contributed by atoms with Crippen molar-refractivity contribution in [3.8, 4) is 0 Å². The number of nitrogens with zero attached hydrogens (tertiary/aromatic N) is 1. The SMILES string of the molecule is CCC(=O)O.CCc1c(C)[nH]c2c1C(=O)C(CN1CCOCC1)CC2. The van der Waals surface area contributed by atoms with E-state index in [0.29, 0.717) is 5.78 Å². The number of morpholine rings is 1. The molecule has 0 spiro atoms. The van der Waals surface area contributed by atoms with Crippen molar-refractivity contribution in [3.05, 3.63) is 22.5 Å². The lowest BCUT2D eigenvalue weighted by Crippen LogP contribution is -2.42. The van der Waals surface area contributed by atoms with Crippen LogP contribution in [0.25, 0.3) is 0 Å². The molecule has 1 unspecified atom stereocenters. The molecule has 0 amide bonds. The molecule has 1 aliphatic carbocycles. The molecule has 2 aliphatic rings. The molecule has 6 heteroatoms. The number of Topliss-reactive ketones (excluding diaryl/α,β-unsaturated/α-hetero) is 1. The number of nitrogens with one attached hydrogen (secondary N) is 1. The minimum atomic E-state index is -0.745. The lowest BCUT2D eigenvalue weighted by Gasteiger charge is -2.31. The van der Waals surface area contributed by atoms with Gasteiger partial charge in [0, 0.05) is 48.9 Å². The number of aliphatic carboxylic acids is 1.